The molecule has 0 saturated heterocycles. The predicted octanol–water partition coefficient (Wildman–Crippen LogP) is 4.84. The van der Waals surface area contributed by atoms with Gasteiger partial charge in [0.2, 0.25) is 0 Å². The van der Waals surface area contributed by atoms with E-state index in [9.17, 15) is 9.59 Å². The zero-order valence-corrected chi connectivity index (χ0v) is 18.5. The number of hydrogen-bond acceptors (Lipinski definition) is 4. The summed E-state index contributed by atoms with van der Waals surface area (Å²) in [7, 11) is 0. The first kappa shape index (κ1) is 22.3. The third-order valence-electron chi connectivity index (χ3n) is 4.86. The van der Waals surface area contributed by atoms with Crippen LogP contribution < -0.4 is 10.1 Å². The molecule has 6 heteroatoms. The van der Waals surface area contributed by atoms with Crippen LogP contribution in [0.2, 0.25) is 0 Å². The maximum absolute atomic E-state index is 12.5. The van der Waals surface area contributed by atoms with E-state index in [1.807, 2.05) is 43.3 Å². The minimum atomic E-state index is -0.275. The molecular weight excluding hydrogens is 390 g/mol. The Bertz CT molecular complexity index is 1030. The number of benzene rings is 2. The summed E-state index contributed by atoms with van der Waals surface area (Å²) in [5.41, 5.74) is 2.49. The van der Waals surface area contributed by atoms with Crippen molar-refractivity contribution in [2.24, 2.45) is 0 Å². The van der Waals surface area contributed by atoms with E-state index in [0.29, 0.717) is 30.1 Å². The Balaban J connectivity index is 1.68. The first-order valence-electron chi connectivity index (χ1n) is 10.4. The molecule has 1 N–H and O–H groups in total. The Morgan fingerprint density at radius 3 is 2.32 bits per heavy atom. The summed E-state index contributed by atoms with van der Waals surface area (Å²) >= 11 is 0. The van der Waals surface area contributed by atoms with Gasteiger partial charge < -0.3 is 10.1 Å². The molecule has 2 aromatic carbocycles. The van der Waals surface area contributed by atoms with Gasteiger partial charge in [0.25, 0.3) is 5.91 Å². The van der Waals surface area contributed by atoms with E-state index < -0.39 is 0 Å². The molecule has 0 radical (unpaired) electrons. The van der Waals surface area contributed by atoms with Gasteiger partial charge in [-0.15, -0.1) is 0 Å². The predicted molar refractivity (Wildman–Crippen MR) is 122 cm³/mol. The molecule has 0 aliphatic heterocycles. The maximum atomic E-state index is 12.5. The standard InChI is InChI=1S/C25H29N3O3/c1-5-21(29)19-11-13-20(14-12-19)31-17-24(30)26-23-15-22(25(2,3)4)27-28(23)16-18-9-7-6-8-10-18/h6-15H,5,16-17H2,1-4H3,(H,26,30). The molecular formula is C25H29N3O3. The topological polar surface area (TPSA) is 73.2 Å². The van der Waals surface area contributed by atoms with Crippen molar-refractivity contribution in [3.05, 3.63) is 77.5 Å². The summed E-state index contributed by atoms with van der Waals surface area (Å²) in [6, 6.07) is 18.7. The summed E-state index contributed by atoms with van der Waals surface area (Å²) < 4.78 is 7.39. The van der Waals surface area contributed by atoms with Crippen LogP contribution in [-0.4, -0.2) is 28.1 Å². The molecule has 0 aliphatic rings. The summed E-state index contributed by atoms with van der Waals surface area (Å²) in [5, 5.41) is 7.63. The maximum Gasteiger partial charge on any atom is 0.263 e. The average molecular weight is 420 g/mol. The Morgan fingerprint density at radius 2 is 1.71 bits per heavy atom. The molecule has 162 valence electrons. The number of carbonyl (C=O) groups is 2. The van der Waals surface area contributed by atoms with Gasteiger partial charge in [-0.2, -0.15) is 5.10 Å². The van der Waals surface area contributed by atoms with Crippen molar-refractivity contribution in [2.75, 3.05) is 11.9 Å². The second-order valence-electron chi connectivity index (χ2n) is 8.45. The van der Waals surface area contributed by atoms with E-state index in [0.717, 1.165) is 11.3 Å². The lowest BCUT2D eigenvalue weighted by Crippen LogP contribution is -2.22. The monoisotopic (exact) mass is 419 g/mol. The van der Waals surface area contributed by atoms with Gasteiger partial charge in [0, 0.05) is 23.5 Å². The van der Waals surface area contributed by atoms with Crippen molar-refractivity contribution >= 4 is 17.5 Å². The van der Waals surface area contributed by atoms with Gasteiger partial charge in [0.05, 0.1) is 12.2 Å². The Hall–Kier alpha value is -3.41. The number of nitrogens with one attached hydrogen (secondary N) is 1. The molecule has 0 bridgehead atoms. The van der Waals surface area contributed by atoms with Gasteiger partial charge in [-0.25, -0.2) is 4.68 Å². The number of aromatic nitrogens is 2. The van der Waals surface area contributed by atoms with E-state index in [2.05, 4.69) is 26.1 Å². The third kappa shape index (κ3) is 6.04. The number of carbonyl (C=O) groups excluding carboxylic acids is 2. The van der Waals surface area contributed by atoms with Crippen LogP contribution in [0.5, 0.6) is 5.75 Å². The van der Waals surface area contributed by atoms with Crippen LogP contribution in [-0.2, 0) is 16.8 Å². The Morgan fingerprint density at radius 1 is 1.03 bits per heavy atom. The van der Waals surface area contributed by atoms with E-state index in [1.54, 1.807) is 28.9 Å². The Labute approximate surface area is 183 Å². The normalized spacial score (nSPS) is 11.2. The van der Waals surface area contributed by atoms with Crippen LogP contribution in [0, 0.1) is 0 Å². The fourth-order valence-electron chi connectivity index (χ4n) is 3.03. The third-order valence-corrected chi connectivity index (χ3v) is 4.86. The highest BCUT2D eigenvalue weighted by atomic mass is 16.5. The van der Waals surface area contributed by atoms with Crippen LogP contribution in [0.3, 0.4) is 0 Å². The summed E-state index contributed by atoms with van der Waals surface area (Å²) in [6.07, 6.45) is 0.454. The number of hydrogen-bond donors (Lipinski definition) is 1. The van der Waals surface area contributed by atoms with E-state index in [4.69, 9.17) is 9.84 Å². The van der Waals surface area contributed by atoms with Crippen molar-refractivity contribution < 1.29 is 14.3 Å². The van der Waals surface area contributed by atoms with Crippen molar-refractivity contribution in [1.29, 1.82) is 0 Å². The number of ketones is 1. The van der Waals surface area contributed by atoms with Crippen LogP contribution in [0.1, 0.15) is 55.7 Å². The van der Waals surface area contributed by atoms with Gasteiger partial charge >= 0.3 is 0 Å². The number of nitrogens with zero attached hydrogens (tertiary/aromatic N) is 2. The van der Waals surface area contributed by atoms with Crippen molar-refractivity contribution in [1.82, 2.24) is 9.78 Å². The second-order valence-corrected chi connectivity index (χ2v) is 8.45. The van der Waals surface area contributed by atoms with E-state index >= 15 is 0 Å². The van der Waals surface area contributed by atoms with Crippen molar-refractivity contribution in [2.45, 2.75) is 46.1 Å². The van der Waals surface area contributed by atoms with Gasteiger partial charge in [-0.3, -0.25) is 9.59 Å². The average Bonchev–Trinajstić information content (AvgIpc) is 3.15. The first-order chi connectivity index (χ1) is 14.8. The smallest absolute Gasteiger partial charge is 0.263 e. The molecule has 0 atom stereocenters. The van der Waals surface area contributed by atoms with Crippen molar-refractivity contribution in [3.8, 4) is 5.75 Å². The molecule has 0 unspecified atom stereocenters. The van der Waals surface area contributed by atoms with Crippen LogP contribution in [0.25, 0.3) is 0 Å². The number of rotatable bonds is 8. The molecule has 6 nitrogen and oxygen atoms in total. The number of Topliss-reactive ketones (excluding diaryl/α,β-unsaturated/α-hetero) is 1. The second kappa shape index (κ2) is 9.60. The fourth-order valence-corrected chi connectivity index (χ4v) is 3.03. The van der Waals surface area contributed by atoms with Crippen LogP contribution >= 0.6 is 0 Å². The lowest BCUT2D eigenvalue weighted by molar-refractivity contribution is -0.118. The number of amides is 1. The molecule has 0 saturated carbocycles. The highest BCUT2D eigenvalue weighted by Gasteiger charge is 2.21. The van der Waals surface area contributed by atoms with E-state index in [1.165, 1.54) is 0 Å². The molecule has 3 aromatic rings. The molecule has 3 rings (SSSR count). The quantitative estimate of drug-likeness (QED) is 0.530. The molecule has 1 amide bonds. The van der Waals surface area contributed by atoms with Gasteiger partial charge in [0.15, 0.2) is 12.4 Å². The molecule has 1 aromatic heterocycles. The van der Waals surface area contributed by atoms with E-state index in [-0.39, 0.29) is 23.7 Å². The molecule has 0 fully saturated rings. The number of anilines is 1. The Kier molecular flexibility index (Phi) is 6.90. The summed E-state index contributed by atoms with van der Waals surface area (Å²) in [6.45, 7) is 8.50. The molecule has 1 heterocycles. The molecule has 0 spiro atoms. The minimum absolute atomic E-state index is 0.0747. The first-order valence-corrected chi connectivity index (χ1v) is 10.4. The van der Waals surface area contributed by atoms with Gasteiger partial charge in [-0.1, -0.05) is 58.0 Å². The van der Waals surface area contributed by atoms with Crippen LogP contribution in [0.15, 0.2) is 60.7 Å². The highest BCUT2D eigenvalue weighted by Crippen LogP contribution is 2.24. The highest BCUT2D eigenvalue weighted by molar-refractivity contribution is 5.96. The van der Waals surface area contributed by atoms with Crippen molar-refractivity contribution in [3.63, 3.8) is 0 Å². The SMILES string of the molecule is CCC(=O)c1ccc(OCC(=O)Nc2cc(C(C)(C)C)nn2Cc2ccccc2)cc1. The van der Waals surface area contributed by atoms with Gasteiger partial charge in [-0.05, 0) is 29.8 Å². The zero-order chi connectivity index (χ0) is 22.4. The fraction of sp³-hybridized carbons (Fsp3) is 0.320. The zero-order valence-electron chi connectivity index (χ0n) is 18.5. The lowest BCUT2D eigenvalue weighted by atomic mass is 9.92. The van der Waals surface area contributed by atoms with Gasteiger partial charge in [0.1, 0.15) is 11.6 Å². The largest absolute Gasteiger partial charge is 0.484 e. The molecule has 0 aliphatic carbocycles. The summed E-state index contributed by atoms with van der Waals surface area (Å²) in [5.74, 6) is 0.969. The number of ether oxygens (including phenoxy) is 1. The summed E-state index contributed by atoms with van der Waals surface area (Å²) in [4.78, 5) is 24.3. The molecule has 31 heavy (non-hydrogen) atoms. The lowest BCUT2D eigenvalue weighted by Gasteiger charge is -2.14. The minimum Gasteiger partial charge on any atom is -0.484 e. The van der Waals surface area contributed by atoms with Crippen LogP contribution in [0.4, 0.5) is 5.82 Å².